The number of nitrogens with two attached hydrogens (primary N) is 2. The van der Waals surface area contributed by atoms with Gasteiger partial charge in [-0.05, 0) is 75.1 Å². The van der Waals surface area contributed by atoms with E-state index in [-0.39, 0.29) is 6.04 Å². The summed E-state index contributed by atoms with van der Waals surface area (Å²) in [5.74, 6) is 0. The van der Waals surface area contributed by atoms with E-state index in [2.05, 4.69) is 71.3 Å². The van der Waals surface area contributed by atoms with Crippen LogP contribution in [0.1, 0.15) is 48.4 Å². The fourth-order valence-electron chi connectivity index (χ4n) is 3.01. The zero-order chi connectivity index (χ0) is 19.9. The summed E-state index contributed by atoms with van der Waals surface area (Å²) >= 11 is 0. The Morgan fingerprint density at radius 3 is 1.93 bits per heavy atom. The highest BCUT2D eigenvalue weighted by Gasteiger charge is 2.05. The molecule has 2 aromatic rings. The normalized spacial score (nSPS) is 12.5. The average Bonchev–Trinajstić information content (AvgIpc) is 2.74. The van der Waals surface area contributed by atoms with Crippen molar-refractivity contribution in [3.8, 4) is 0 Å². The van der Waals surface area contributed by atoms with Gasteiger partial charge in [-0.1, -0.05) is 66.7 Å². The average molecular weight is 381 g/mol. The van der Waals surface area contributed by atoms with Gasteiger partial charge in [0.1, 0.15) is 0 Å². The summed E-state index contributed by atoms with van der Waals surface area (Å²) in [5, 5.41) is 6.91. The SMILES string of the molecule is NCCCNCCCCNCCC(N)c1ccc(/C=C/c2ccccc2)cc1. The molecule has 4 heteroatoms. The Bertz CT molecular complexity index is 652. The summed E-state index contributed by atoms with van der Waals surface area (Å²) in [4.78, 5) is 0. The fourth-order valence-corrected chi connectivity index (χ4v) is 3.01. The molecular weight excluding hydrogens is 344 g/mol. The summed E-state index contributed by atoms with van der Waals surface area (Å²) < 4.78 is 0. The number of benzene rings is 2. The van der Waals surface area contributed by atoms with Crippen LogP contribution < -0.4 is 22.1 Å². The first kappa shape index (κ1) is 22.3. The molecule has 6 N–H and O–H groups in total. The van der Waals surface area contributed by atoms with Crippen molar-refractivity contribution in [2.75, 3.05) is 32.7 Å². The molecule has 152 valence electrons. The Morgan fingerprint density at radius 1 is 0.714 bits per heavy atom. The van der Waals surface area contributed by atoms with E-state index < -0.39 is 0 Å². The molecule has 0 bridgehead atoms. The molecule has 1 unspecified atom stereocenters. The lowest BCUT2D eigenvalue weighted by molar-refractivity contribution is 0.546. The van der Waals surface area contributed by atoms with Crippen molar-refractivity contribution in [2.24, 2.45) is 11.5 Å². The molecule has 2 aromatic carbocycles. The molecule has 0 aromatic heterocycles. The lowest BCUT2D eigenvalue weighted by Gasteiger charge is -2.13. The van der Waals surface area contributed by atoms with E-state index in [1.807, 2.05) is 6.07 Å². The molecule has 2 rings (SSSR count). The molecule has 4 nitrogen and oxygen atoms in total. The Kier molecular flexibility index (Phi) is 11.2. The van der Waals surface area contributed by atoms with Crippen molar-refractivity contribution in [1.29, 1.82) is 0 Å². The lowest BCUT2D eigenvalue weighted by Crippen LogP contribution is -2.23. The number of nitrogens with one attached hydrogen (secondary N) is 2. The van der Waals surface area contributed by atoms with E-state index in [0.717, 1.165) is 45.6 Å². The van der Waals surface area contributed by atoms with Crippen LogP contribution in [0.4, 0.5) is 0 Å². The highest BCUT2D eigenvalue weighted by molar-refractivity contribution is 5.69. The minimum absolute atomic E-state index is 0.0811. The quantitative estimate of drug-likeness (QED) is 0.299. The summed E-state index contributed by atoms with van der Waals surface area (Å²) in [6.07, 6.45) is 8.66. The van der Waals surface area contributed by atoms with Gasteiger partial charge in [0.15, 0.2) is 0 Å². The molecule has 1 atom stereocenters. The molecule has 0 aliphatic heterocycles. The number of unbranched alkanes of at least 4 members (excludes halogenated alkanes) is 1. The zero-order valence-corrected chi connectivity index (χ0v) is 16.9. The molecule has 0 aliphatic carbocycles. The molecule has 0 spiro atoms. The second-order valence-electron chi connectivity index (χ2n) is 7.16. The molecule has 0 saturated heterocycles. The van der Waals surface area contributed by atoms with E-state index in [4.69, 9.17) is 11.5 Å². The van der Waals surface area contributed by atoms with Gasteiger partial charge in [-0.2, -0.15) is 0 Å². The standard InChI is InChI=1S/C24H36N4/c25-16-6-19-27-17-4-5-18-28-20-15-24(26)23-13-11-22(12-14-23)10-9-21-7-2-1-3-8-21/h1-3,7-14,24,27-28H,4-6,15-20,25-26H2/b10-9+. The maximum Gasteiger partial charge on any atom is 0.0307 e. The summed E-state index contributed by atoms with van der Waals surface area (Å²) in [6, 6.07) is 19.0. The van der Waals surface area contributed by atoms with Gasteiger partial charge in [-0.15, -0.1) is 0 Å². The van der Waals surface area contributed by atoms with E-state index in [1.165, 1.54) is 29.5 Å². The third-order valence-electron chi connectivity index (χ3n) is 4.78. The summed E-state index contributed by atoms with van der Waals surface area (Å²) in [6.45, 7) is 4.87. The first-order chi connectivity index (χ1) is 13.8. The van der Waals surface area contributed by atoms with Gasteiger partial charge in [0.2, 0.25) is 0 Å². The minimum atomic E-state index is 0.0811. The monoisotopic (exact) mass is 380 g/mol. The number of rotatable bonds is 14. The largest absolute Gasteiger partial charge is 0.330 e. The van der Waals surface area contributed by atoms with E-state index >= 15 is 0 Å². The molecule has 0 amide bonds. The molecule has 28 heavy (non-hydrogen) atoms. The topological polar surface area (TPSA) is 76.1 Å². The highest BCUT2D eigenvalue weighted by Crippen LogP contribution is 2.16. The molecular formula is C24H36N4. The zero-order valence-electron chi connectivity index (χ0n) is 16.9. The van der Waals surface area contributed by atoms with Gasteiger partial charge >= 0.3 is 0 Å². The van der Waals surface area contributed by atoms with Gasteiger partial charge in [0.25, 0.3) is 0 Å². The van der Waals surface area contributed by atoms with Crippen LogP contribution in [0.5, 0.6) is 0 Å². The summed E-state index contributed by atoms with van der Waals surface area (Å²) in [5.41, 5.74) is 15.4. The van der Waals surface area contributed by atoms with Crippen molar-refractivity contribution in [3.05, 3.63) is 71.3 Å². The molecule has 0 fully saturated rings. The Balaban J connectivity index is 1.59. The smallest absolute Gasteiger partial charge is 0.0307 e. The van der Waals surface area contributed by atoms with Crippen LogP contribution in [0.25, 0.3) is 12.2 Å². The molecule has 0 radical (unpaired) electrons. The maximum absolute atomic E-state index is 6.34. The fraction of sp³-hybridized carbons (Fsp3) is 0.417. The van der Waals surface area contributed by atoms with Crippen LogP contribution in [0.2, 0.25) is 0 Å². The Labute approximate surface area is 170 Å². The molecule has 0 saturated carbocycles. The second-order valence-corrected chi connectivity index (χ2v) is 7.16. The van der Waals surface area contributed by atoms with Crippen LogP contribution in [-0.4, -0.2) is 32.7 Å². The predicted molar refractivity (Wildman–Crippen MR) is 122 cm³/mol. The number of hydrogen-bond acceptors (Lipinski definition) is 4. The van der Waals surface area contributed by atoms with Gasteiger partial charge in [0, 0.05) is 6.04 Å². The van der Waals surface area contributed by atoms with Crippen molar-refractivity contribution in [1.82, 2.24) is 10.6 Å². The molecule has 0 heterocycles. The van der Waals surface area contributed by atoms with Gasteiger partial charge in [-0.3, -0.25) is 0 Å². The molecule has 0 aliphatic rings. The van der Waals surface area contributed by atoms with Gasteiger partial charge in [0.05, 0.1) is 0 Å². The van der Waals surface area contributed by atoms with Gasteiger partial charge in [-0.25, -0.2) is 0 Å². The van der Waals surface area contributed by atoms with Crippen LogP contribution in [0.3, 0.4) is 0 Å². The Hall–Kier alpha value is -1.98. The van der Waals surface area contributed by atoms with Crippen LogP contribution in [0.15, 0.2) is 54.6 Å². The first-order valence-corrected chi connectivity index (χ1v) is 10.5. The Morgan fingerprint density at radius 2 is 1.29 bits per heavy atom. The van der Waals surface area contributed by atoms with Crippen molar-refractivity contribution < 1.29 is 0 Å². The second kappa shape index (κ2) is 14.1. The predicted octanol–water partition coefficient (Wildman–Crippen LogP) is 3.56. The van der Waals surface area contributed by atoms with Crippen molar-refractivity contribution in [2.45, 2.75) is 31.7 Å². The van der Waals surface area contributed by atoms with Crippen molar-refractivity contribution >= 4 is 12.2 Å². The highest BCUT2D eigenvalue weighted by atomic mass is 14.9. The van der Waals surface area contributed by atoms with E-state index in [1.54, 1.807) is 0 Å². The lowest BCUT2D eigenvalue weighted by atomic mass is 10.0. The van der Waals surface area contributed by atoms with E-state index in [0.29, 0.717) is 0 Å². The van der Waals surface area contributed by atoms with Crippen LogP contribution in [0, 0.1) is 0 Å². The van der Waals surface area contributed by atoms with E-state index in [9.17, 15) is 0 Å². The summed E-state index contributed by atoms with van der Waals surface area (Å²) in [7, 11) is 0. The van der Waals surface area contributed by atoms with Crippen LogP contribution in [-0.2, 0) is 0 Å². The van der Waals surface area contributed by atoms with Gasteiger partial charge < -0.3 is 22.1 Å². The maximum atomic E-state index is 6.34. The third kappa shape index (κ3) is 9.29. The minimum Gasteiger partial charge on any atom is -0.330 e. The first-order valence-electron chi connectivity index (χ1n) is 10.5. The van der Waals surface area contributed by atoms with Crippen LogP contribution >= 0.6 is 0 Å². The third-order valence-corrected chi connectivity index (χ3v) is 4.78. The van der Waals surface area contributed by atoms with Crippen molar-refractivity contribution in [3.63, 3.8) is 0 Å². The number of hydrogen-bond donors (Lipinski definition) is 4.